The normalized spacial score (nSPS) is 16.4. The zero-order valence-electron chi connectivity index (χ0n) is 14.8. The lowest BCUT2D eigenvalue weighted by Crippen LogP contribution is -2.34. The van der Waals surface area contributed by atoms with Crippen molar-refractivity contribution in [3.63, 3.8) is 0 Å². The minimum Gasteiger partial charge on any atom is -0.298 e. The maximum Gasteiger partial charge on any atom is 0.285 e. The molecule has 3 rings (SSSR count). The Morgan fingerprint density at radius 3 is 2.07 bits per heavy atom. The number of imide groups is 2. The van der Waals surface area contributed by atoms with Crippen LogP contribution in [-0.2, 0) is 19.2 Å². The molecule has 0 saturated carbocycles. The number of benzene rings is 1. The minimum absolute atomic E-state index is 0.150. The third-order valence-electron chi connectivity index (χ3n) is 4.57. The molecule has 0 unspecified atom stereocenters. The lowest BCUT2D eigenvalue weighted by atomic mass is 10.1. The zero-order chi connectivity index (χ0) is 19.4. The van der Waals surface area contributed by atoms with Gasteiger partial charge in [0.15, 0.2) is 5.78 Å². The number of hydrogen-bond donors (Lipinski definition) is 0. The molecule has 27 heavy (non-hydrogen) atoms. The lowest BCUT2D eigenvalue weighted by Gasteiger charge is -2.13. The van der Waals surface area contributed by atoms with Crippen LogP contribution in [0.1, 0.15) is 59.2 Å². The summed E-state index contributed by atoms with van der Waals surface area (Å²) in [5.41, 5.74) is 0.665. The Morgan fingerprint density at radius 1 is 0.889 bits per heavy atom. The van der Waals surface area contributed by atoms with Crippen LogP contribution in [-0.4, -0.2) is 52.5 Å². The molecule has 2 heterocycles. The van der Waals surface area contributed by atoms with Crippen LogP contribution in [0.5, 0.6) is 0 Å². The first-order chi connectivity index (χ1) is 13.0. The van der Waals surface area contributed by atoms with Crippen LogP contribution in [0.3, 0.4) is 0 Å². The van der Waals surface area contributed by atoms with Crippen molar-refractivity contribution in [2.45, 2.75) is 38.5 Å². The van der Waals surface area contributed by atoms with E-state index in [1.165, 1.54) is 0 Å². The van der Waals surface area contributed by atoms with Crippen LogP contribution in [0.4, 0.5) is 0 Å². The third kappa shape index (κ3) is 4.11. The van der Waals surface area contributed by atoms with E-state index in [1.807, 2.05) is 0 Å². The van der Waals surface area contributed by atoms with Crippen LogP contribution in [0.2, 0.25) is 0 Å². The highest BCUT2D eigenvalue weighted by Gasteiger charge is 2.36. The molecule has 142 valence electrons. The maximum absolute atomic E-state index is 12.1. The number of rotatable bonds is 9. The Hall–Kier alpha value is -2.87. The Labute approximate surface area is 156 Å². The van der Waals surface area contributed by atoms with Gasteiger partial charge in [-0.05, 0) is 25.0 Å². The molecule has 0 N–H and O–H groups in total. The van der Waals surface area contributed by atoms with E-state index in [1.54, 1.807) is 24.3 Å². The van der Waals surface area contributed by atoms with E-state index in [0.717, 1.165) is 9.96 Å². The van der Waals surface area contributed by atoms with Crippen molar-refractivity contribution in [2.75, 3.05) is 13.2 Å². The van der Waals surface area contributed by atoms with Crippen LogP contribution < -0.4 is 0 Å². The van der Waals surface area contributed by atoms with Gasteiger partial charge < -0.3 is 0 Å². The Kier molecular flexibility index (Phi) is 5.75. The van der Waals surface area contributed by atoms with Crippen molar-refractivity contribution >= 4 is 29.4 Å². The summed E-state index contributed by atoms with van der Waals surface area (Å²) in [6, 6.07) is 6.54. The first kappa shape index (κ1) is 18.9. The number of nitrogens with zero attached hydrogens (tertiary/aromatic N) is 2. The largest absolute Gasteiger partial charge is 0.298 e. The van der Waals surface area contributed by atoms with Gasteiger partial charge in [-0.25, -0.2) is 0 Å². The van der Waals surface area contributed by atoms with Gasteiger partial charge in [-0.3, -0.25) is 33.7 Å². The predicted molar refractivity (Wildman–Crippen MR) is 92.3 cm³/mol. The van der Waals surface area contributed by atoms with Gasteiger partial charge in [-0.15, -0.1) is 5.06 Å². The van der Waals surface area contributed by atoms with Gasteiger partial charge in [0.25, 0.3) is 11.8 Å². The number of carbonyl (C=O) groups excluding carboxylic acids is 5. The van der Waals surface area contributed by atoms with E-state index in [4.69, 9.17) is 4.84 Å². The van der Waals surface area contributed by atoms with Crippen LogP contribution >= 0.6 is 0 Å². The number of hydroxylamine groups is 2. The number of ketones is 1. The molecule has 0 atom stereocenters. The second-order valence-electron chi connectivity index (χ2n) is 6.51. The van der Waals surface area contributed by atoms with Gasteiger partial charge in [-0.1, -0.05) is 18.6 Å². The summed E-state index contributed by atoms with van der Waals surface area (Å²) in [7, 11) is 0. The molecule has 4 amide bonds. The number of fused-ring (bicyclic) bond motifs is 1. The van der Waals surface area contributed by atoms with E-state index in [2.05, 4.69) is 0 Å². The van der Waals surface area contributed by atoms with Crippen molar-refractivity contribution in [2.24, 2.45) is 0 Å². The number of Topliss-reactive ketones (excluding diaryl/α,β-unsaturated/α-hetero) is 1. The smallest absolute Gasteiger partial charge is 0.285 e. The van der Waals surface area contributed by atoms with E-state index >= 15 is 0 Å². The fraction of sp³-hybridized carbons (Fsp3) is 0.421. The number of amides is 4. The van der Waals surface area contributed by atoms with Crippen molar-refractivity contribution in [3.8, 4) is 0 Å². The summed E-state index contributed by atoms with van der Waals surface area (Å²) in [6.45, 7) is 0.0337. The predicted octanol–water partition coefficient (Wildman–Crippen LogP) is 1.49. The van der Waals surface area contributed by atoms with Crippen LogP contribution in [0, 0.1) is 0 Å². The SMILES string of the molecule is O=C(CCCCCON1C(=O)c2ccccc2C1=O)CN1C(=O)CCC1=O. The topological polar surface area (TPSA) is 101 Å². The molecule has 2 aliphatic heterocycles. The monoisotopic (exact) mass is 372 g/mol. The zero-order valence-corrected chi connectivity index (χ0v) is 14.8. The fourth-order valence-corrected chi connectivity index (χ4v) is 3.10. The van der Waals surface area contributed by atoms with Crippen molar-refractivity contribution in [3.05, 3.63) is 35.4 Å². The van der Waals surface area contributed by atoms with Crippen molar-refractivity contribution in [1.29, 1.82) is 0 Å². The summed E-state index contributed by atoms with van der Waals surface area (Å²) in [4.78, 5) is 65.4. The van der Waals surface area contributed by atoms with Gasteiger partial charge in [-0.2, -0.15) is 0 Å². The van der Waals surface area contributed by atoms with Gasteiger partial charge in [0.1, 0.15) is 0 Å². The molecular weight excluding hydrogens is 352 g/mol. The molecule has 2 aliphatic rings. The first-order valence-corrected chi connectivity index (χ1v) is 8.94. The molecular formula is C19H20N2O6. The van der Waals surface area contributed by atoms with E-state index in [0.29, 0.717) is 30.4 Å². The van der Waals surface area contributed by atoms with Crippen molar-refractivity contribution < 1.29 is 28.8 Å². The summed E-state index contributed by atoms with van der Waals surface area (Å²) in [5.74, 6) is -1.67. The number of hydrogen-bond acceptors (Lipinski definition) is 6. The standard InChI is InChI=1S/C19H20N2O6/c22-13(12-20-16(23)9-10-17(20)24)6-2-1-5-11-27-21-18(25)14-7-3-4-8-15(14)19(21)26/h3-4,7-8H,1-2,5-6,9-12H2. The van der Waals surface area contributed by atoms with Gasteiger partial charge in [0.05, 0.1) is 24.3 Å². The summed E-state index contributed by atoms with van der Waals surface area (Å²) >= 11 is 0. The number of unbranched alkanes of at least 4 members (excludes halogenated alkanes) is 2. The molecule has 1 aromatic rings. The molecule has 1 aromatic carbocycles. The second kappa shape index (κ2) is 8.22. The molecule has 1 saturated heterocycles. The number of carbonyl (C=O) groups is 5. The minimum atomic E-state index is -0.467. The average molecular weight is 372 g/mol. The third-order valence-corrected chi connectivity index (χ3v) is 4.57. The highest BCUT2D eigenvalue weighted by atomic mass is 16.7. The van der Waals surface area contributed by atoms with Gasteiger partial charge in [0.2, 0.25) is 11.8 Å². The van der Waals surface area contributed by atoms with Gasteiger partial charge in [0, 0.05) is 19.3 Å². The molecule has 0 spiro atoms. The molecule has 0 bridgehead atoms. The van der Waals surface area contributed by atoms with Crippen LogP contribution in [0.25, 0.3) is 0 Å². The molecule has 0 radical (unpaired) electrons. The fourth-order valence-electron chi connectivity index (χ4n) is 3.10. The maximum atomic E-state index is 12.1. The van der Waals surface area contributed by atoms with Crippen LogP contribution in [0.15, 0.2) is 24.3 Å². The number of likely N-dealkylation sites (tertiary alicyclic amines) is 1. The van der Waals surface area contributed by atoms with Crippen molar-refractivity contribution in [1.82, 2.24) is 9.96 Å². The quantitative estimate of drug-likeness (QED) is 0.481. The second-order valence-corrected chi connectivity index (χ2v) is 6.51. The van der Waals surface area contributed by atoms with E-state index in [-0.39, 0.29) is 50.0 Å². The Bertz CT molecular complexity index is 752. The summed E-state index contributed by atoms with van der Waals surface area (Å²) in [5, 5.41) is 0.778. The molecule has 8 nitrogen and oxygen atoms in total. The molecule has 0 aliphatic carbocycles. The molecule has 8 heteroatoms. The molecule has 0 aromatic heterocycles. The lowest BCUT2D eigenvalue weighted by molar-refractivity contribution is -0.141. The highest BCUT2D eigenvalue weighted by molar-refractivity contribution is 6.20. The average Bonchev–Trinajstić information content (AvgIpc) is 3.10. The first-order valence-electron chi connectivity index (χ1n) is 8.94. The highest BCUT2D eigenvalue weighted by Crippen LogP contribution is 2.22. The van der Waals surface area contributed by atoms with Gasteiger partial charge >= 0.3 is 0 Å². The Balaban J connectivity index is 1.33. The summed E-state index contributed by atoms with van der Waals surface area (Å²) in [6.07, 6.45) is 2.45. The van der Waals surface area contributed by atoms with E-state index < -0.39 is 11.8 Å². The van der Waals surface area contributed by atoms with E-state index in [9.17, 15) is 24.0 Å². The molecule has 1 fully saturated rings. The Morgan fingerprint density at radius 2 is 1.48 bits per heavy atom. The summed E-state index contributed by atoms with van der Waals surface area (Å²) < 4.78 is 0.